The van der Waals surface area contributed by atoms with Crippen molar-refractivity contribution in [1.29, 1.82) is 0 Å². The summed E-state index contributed by atoms with van der Waals surface area (Å²) in [6, 6.07) is 18.6. The number of carbonyl (C=O) groups is 1. The summed E-state index contributed by atoms with van der Waals surface area (Å²) in [5, 5.41) is 1.62. The smallest absolute Gasteiger partial charge is 0.257 e. The molecule has 0 atom stereocenters. The molecule has 0 radical (unpaired) electrons. The van der Waals surface area contributed by atoms with Crippen molar-refractivity contribution in [2.75, 3.05) is 18.8 Å². The van der Waals surface area contributed by atoms with Crippen LogP contribution in [0.5, 0.6) is 0 Å². The van der Waals surface area contributed by atoms with Crippen molar-refractivity contribution >= 4 is 32.3 Å². The fourth-order valence-corrected chi connectivity index (χ4v) is 4.69. The average molecular weight is 411 g/mol. The van der Waals surface area contributed by atoms with Crippen LogP contribution in [0.25, 0.3) is 10.1 Å². The number of fused-ring (bicyclic) bond motifs is 1. The minimum atomic E-state index is 0.0908. The Kier molecular flexibility index (Phi) is 9.20. The molecule has 4 rings (SSSR count). The Balaban J connectivity index is 0.000000707. The van der Waals surface area contributed by atoms with E-state index in [1.807, 2.05) is 56.9 Å². The number of likely N-dealkylation sites (tertiary alicyclic amines) is 1. The second-order valence-electron chi connectivity index (χ2n) is 6.76. The molecule has 0 spiro atoms. The molecular formula is C25H34N2OS. The highest BCUT2D eigenvalue weighted by Crippen LogP contribution is 2.35. The van der Waals surface area contributed by atoms with Crippen molar-refractivity contribution in [3.63, 3.8) is 0 Å². The highest BCUT2D eigenvalue weighted by atomic mass is 32.1. The molecule has 2 N–H and O–H groups in total. The first-order chi connectivity index (χ1) is 14.2. The Labute approximate surface area is 179 Å². The molecule has 2 heterocycles. The van der Waals surface area contributed by atoms with Crippen molar-refractivity contribution in [3.05, 3.63) is 65.7 Å². The van der Waals surface area contributed by atoms with Crippen LogP contribution in [0.4, 0.5) is 5.00 Å². The van der Waals surface area contributed by atoms with Gasteiger partial charge in [0.2, 0.25) is 0 Å². The average Bonchev–Trinajstić information content (AvgIpc) is 3.13. The van der Waals surface area contributed by atoms with Gasteiger partial charge in [0.1, 0.15) is 0 Å². The van der Waals surface area contributed by atoms with E-state index in [4.69, 9.17) is 5.73 Å². The van der Waals surface area contributed by atoms with Crippen LogP contribution >= 0.6 is 11.3 Å². The summed E-state index contributed by atoms with van der Waals surface area (Å²) in [4.78, 5) is 15.0. The van der Waals surface area contributed by atoms with Crippen molar-refractivity contribution in [2.24, 2.45) is 5.92 Å². The molecule has 1 amide bonds. The van der Waals surface area contributed by atoms with E-state index in [9.17, 15) is 4.79 Å². The summed E-state index contributed by atoms with van der Waals surface area (Å²) in [5.74, 6) is 0.746. The number of nitrogens with two attached hydrogens (primary N) is 1. The van der Waals surface area contributed by atoms with E-state index in [0.717, 1.165) is 42.4 Å². The number of anilines is 1. The molecule has 1 aliphatic rings. The van der Waals surface area contributed by atoms with Crippen LogP contribution in [-0.4, -0.2) is 23.9 Å². The highest BCUT2D eigenvalue weighted by Gasteiger charge is 2.27. The van der Waals surface area contributed by atoms with Crippen LogP contribution < -0.4 is 5.73 Å². The zero-order chi connectivity index (χ0) is 21.2. The van der Waals surface area contributed by atoms with Crippen molar-refractivity contribution < 1.29 is 4.79 Å². The summed E-state index contributed by atoms with van der Waals surface area (Å²) >= 11 is 1.50. The van der Waals surface area contributed by atoms with Gasteiger partial charge >= 0.3 is 0 Å². The number of rotatable bonds is 3. The van der Waals surface area contributed by atoms with Gasteiger partial charge in [-0.1, -0.05) is 76.2 Å². The lowest BCUT2D eigenvalue weighted by atomic mass is 9.90. The second kappa shape index (κ2) is 11.6. The molecule has 1 fully saturated rings. The van der Waals surface area contributed by atoms with Gasteiger partial charge < -0.3 is 10.6 Å². The Hall–Kier alpha value is -2.33. The van der Waals surface area contributed by atoms with Gasteiger partial charge in [0.15, 0.2) is 0 Å². The first-order valence-electron chi connectivity index (χ1n) is 10.8. The molecule has 3 nitrogen and oxygen atoms in total. The number of thiophene rings is 1. The first kappa shape index (κ1) is 23.0. The quantitative estimate of drug-likeness (QED) is 0.526. The predicted molar refractivity (Wildman–Crippen MR) is 128 cm³/mol. The first-order valence-corrected chi connectivity index (χ1v) is 11.6. The standard InChI is InChI=1S/C21H22N2OS.2C2H6/c22-20-19(17-8-4-5-9-18(17)25-20)21(24)23-12-10-16(11-13-23)14-15-6-2-1-3-7-15;2*1-2/h1-9,16H,10-14,22H2;2*1-2H3. The van der Waals surface area contributed by atoms with Crippen LogP contribution in [0.1, 0.15) is 56.5 Å². The number of nitrogens with zero attached hydrogens (tertiary/aromatic N) is 1. The summed E-state index contributed by atoms with van der Waals surface area (Å²) in [6.45, 7) is 9.64. The van der Waals surface area contributed by atoms with Crippen LogP contribution in [0.2, 0.25) is 0 Å². The molecule has 4 heteroatoms. The zero-order valence-electron chi connectivity index (χ0n) is 18.2. The maximum atomic E-state index is 13.0. The van der Waals surface area contributed by atoms with Gasteiger partial charge in [-0.25, -0.2) is 0 Å². The van der Waals surface area contributed by atoms with Crippen LogP contribution in [-0.2, 0) is 6.42 Å². The van der Waals surface area contributed by atoms with E-state index in [1.54, 1.807) is 0 Å². The third-order valence-corrected chi connectivity index (χ3v) is 6.11. The summed E-state index contributed by atoms with van der Waals surface area (Å²) in [5.41, 5.74) is 8.25. The fourth-order valence-electron chi connectivity index (χ4n) is 3.73. The minimum absolute atomic E-state index is 0.0908. The van der Waals surface area contributed by atoms with Gasteiger partial charge in [-0.3, -0.25) is 4.79 Å². The number of nitrogen functional groups attached to an aromatic ring is 1. The highest BCUT2D eigenvalue weighted by molar-refractivity contribution is 7.23. The van der Waals surface area contributed by atoms with E-state index >= 15 is 0 Å². The van der Waals surface area contributed by atoms with Gasteiger partial charge in [0.25, 0.3) is 5.91 Å². The van der Waals surface area contributed by atoms with Crippen LogP contribution in [0.3, 0.4) is 0 Å². The van der Waals surface area contributed by atoms with Gasteiger partial charge in [-0.15, -0.1) is 11.3 Å². The lowest BCUT2D eigenvalue weighted by molar-refractivity contribution is 0.0694. The number of piperidine rings is 1. The largest absolute Gasteiger partial charge is 0.390 e. The van der Waals surface area contributed by atoms with E-state index in [2.05, 4.69) is 30.3 Å². The lowest BCUT2D eigenvalue weighted by Gasteiger charge is -2.32. The van der Waals surface area contributed by atoms with Gasteiger partial charge in [0, 0.05) is 23.2 Å². The summed E-state index contributed by atoms with van der Waals surface area (Å²) in [7, 11) is 0. The number of benzene rings is 2. The van der Waals surface area contributed by atoms with Gasteiger partial charge in [-0.2, -0.15) is 0 Å². The maximum absolute atomic E-state index is 13.0. The maximum Gasteiger partial charge on any atom is 0.257 e. The Morgan fingerprint density at radius 1 is 0.966 bits per heavy atom. The number of carbonyl (C=O) groups excluding carboxylic acids is 1. The number of amides is 1. The topological polar surface area (TPSA) is 46.3 Å². The molecule has 0 saturated carbocycles. The Morgan fingerprint density at radius 3 is 2.21 bits per heavy atom. The molecule has 156 valence electrons. The molecule has 0 bridgehead atoms. The van der Waals surface area contributed by atoms with E-state index in [0.29, 0.717) is 16.5 Å². The van der Waals surface area contributed by atoms with E-state index < -0.39 is 0 Å². The molecule has 0 aliphatic carbocycles. The molecule has 0 unspecified atom stereocenters. The Bertz CT molecular complexity index is 880. The second-order valence-corrected chi connectivity index (χ2v) is 7.85. The monoisotopic (exact) mass is 410 g/mol. The molecule has 1 saturated heterocycles. The van der Waals surface area contributed by atoms with Gasteiger partial charge in [-0.05, 0) is 36.8 Å². The predicted octanol–water partition coefficient (Wildman–Crippen LogP) is 6.63. The van der Waals surface area contributed by atoms with Crippen molar-refractivity contribution in [2.45, 2.75) is 47.0 Å². The van der Waals surface area contributed by atoms with E-state index in [1.165, 1.54) is 16.9 Å². The molecular weight excluding hydrogens is 376 g/mol. The normalized spacial score (nSPS) is 13.9. The summed E-state index contributed by atoms with van der Waals surface area (Å²) < 4.78 is 1.09. The van der Waals surface area contributed by atoms with E-state index in [-0.39, 0.29) is 5.91 Å². The molecule has 1 aromatic heterocycles. The molecule has 3 aromatic rings. The van der Waals surface area contributed by atoms with Crippen LogP contribution in [0, 0.1) is 5.92 Å². The fraction of sp³-hybridized carbons (Fsp3) is 0.400. The minimum Gasteiger partial charge on any atom is -0.390 e. The lowest BCUT2D eigenvalue weighted by Crippen LogP contribution is -2.39. The number of hydrogen-bond acceptors (Lipinski definition) is 3. The molecule has 29 heavy (non-hydrogen) atoms. The van der Waals surface area contributed by atoms with Crippen molar-refractivity contribution in [1.82, 2.24) is 4.90 Å². The van der Waals surface area contributed by atoms with Crippen molar-refractivity contribution in [3.8, 4) is 0 Å². The molecule has 1 aliphatic heterocycles. The summed E-state index contributed by atoms with van der Waals surface area (Å²) in [6.07, 6.45) is 3.22. The SMILES string of the molecule is CC.CC.Nc1sc2ccccc2c1C(=O)N1CCC(Cc2ccccc2)CC1. The third-order valence-electron chi connectivity index (χ3n) is 5.11. The molecule has 2 aromatic carbocycles. The van der Waals surface area contributed by atoms with Crippen LogP contribution in [0.15, 0.2) is 54.6 Å². The Morgan fingerprint density at radius 2 is 1.55 bits per heavy atom. The number of hydrogen-bond donors (Lipinski definition) is 1. The van der Waals surface area contributed by atoms with Gasteiger partial charge in [0.05, 0.1) is 10.6 Å². The third kappa shape index (κ3) is 5.60. The zero-order valence-corrected chi connectivity index (χ0v) is 19.0.